The van der Waals surface area contributed by atoms with Crippen LogP contribution in [0.2, 0.25) is 10.0 Å². The van der Waals surface area contributed by atoms with Crippen molar-refractivity contribution in [1.29, 1.82) is 0 Å². The van der Waals surface area contributed by atoms with Gasteiger partial charge in [-0.2, -0.15) is 0 Å². The number of carbonyl (C=O) groups is 2. The highest BCUT2D eigenvalue weighted by molar-refractivity contribution is 6.38. The van der Waals surface area contributed by atoms with Crippen LogP contribution in [0.4, 0.5) is 0 Å². The van der Waals surface area contributed by atoms with E-state index in [-0.39, 0.29) is 15.8 Å². The van der Waals surface area contributed by atoms with Gasteiger partial charge in [-0.1, -0.05) is 23.2 Å². The lowest BCUT2D eigenvalue weighted by Gasteiger charge is -2.07. The van der Waals surface area contributed by atoms with Crippen molar-refractivity contribution in [2.45, 2.75) is 6.92 Å². The van der Waals surface area contributed by atoms with Crippen LogP contribution in [-0.4, -0.2) is 19.0 Å². The molecule has 0 saturated heterocycles. The highest BCUT2D eigenvalue weighted by Crippen LogP contribution is 2.34. The van der Waals surface area contributed by atoms with Crippen LogP contribution in [0.1, 0.15) is 5.56 Å². The van der Waals surface area contributed by atoms with Crippen molar-refractivity contribution in [2.24, 2.45) is 0 Å². The van der Waals surface area contributed by atoms with Crippen molar-refractivity contribution < 1.29 is 19.1 Å². The Balaban J connectivity index is 2.98. The van der Waals surface area contributed by atoms with Gasteiger partial charge in [-0.3, -0.25) is 0 Å². The minimum Gasteiger partial charge on any atom is -0.461 e. The van der Waals surface area contributed by atoms with Crippen molar-refractivity contribution in [2.75, 3.05) is 7.11 Å². The number of hydrogen-bond donors (Lipinski definition) is 0. The summed E-state index contributed by atoms with van der Waals surface area (Å²) in [5.74, 6) is -2.34. The van der Waals surface area contributed by atoms with Gasteiger partial charge in [0.05, 0.1) is 17.2 Å². The normalized spacial score (nSPS) is 9.75. The van der Waals surface area contributed by atoms with E-state index in [1.807, 2.05) is 0 Å². The molecule has 0 aromatic heterocycles. The molecule has 0 fully saturated rings. The van der Waals surface area contributed by atoms with Gasteiger partial charge >= 0.3 is 11.9 Å². The van der Waals surface area contributed by atoms with Crippen LogP contribution in [0.15, 0.2) is 12.1 Å². The first-order valence-corrected chi connectivity index (χ1v) is 4.97. The summed E-state index contributed by atoms with van der Waals surface area (Å²) in [5, 5.41) is 0.310. The topological polar surface area (TPSA) is 52.6 Å². The summed E-state index contributed by atoms with van der Waals surface area (Å²) in [5.41, 5.74) is 0.813. The second-order valence-electron chi connectivity index (χ2n) is 2.94. The zero-order chi connectivity index (χ0) is 12.3. The van der Waals surface area contributed by atoms with Gasteiger partial charge in [0, 0.05) is 0 Å². The third-order valence-electron chi connectivity index (χ3n) is 1.69. The molecule has 0 atom stereocenters. The smallest absolute Gasteiger partial charge is 0.422 e. The lowest BCUT2D eigenvalue weighted by atomic mass is 10.2. The van der Waals surface area contributed by atoms with Crippen LogP contribution in [0, 0.1) is 6.92 Å². The Morgan fingerprint density at radius 3 is 2.06 bits per heavy atom. The molecule has 0 unspecified atom stereocenters. The van der Waals surface area contributed by atoms with E-state index in [0.29, 0.717) is 0 Å². The molecule has 1 rings (SSSR count). The van der Waals surface area contributed by atoms with Crippen molar-refractivity contribution in [1.82, 2.24) is 0 Å². The van der Waals surface area contributed by atoms with Gasteiger partial charge in [0.15, 0.2) is 5.75 Å². The molecule has 4 nitrogen and oxygen atoms in total. The Hall–Kier alpha value is -1.26. The average molecular weight is 263 g/mol. The number of esters is 2. The molecule has 86 valence electrons. The number of halogens is 2. The molecular formula is C10H8Cl2O4. The molecular weight excluding hydrogens is 255 g/mol. The maximum absolute atomic E-state index is 11.1. The number of benzene rings is 1. The van der Waals surface area contributed by atoms with E-state index in [0.717, 1.165) is 12.7 Å². The summed E-state index contributed by atoms with van der Waals surface area (Å²) < 4.78 is 8.89. The van der Waals surface area contributed by atoms with Crippen LogP contribution in [0.25, 0.3) is 0 Å². The van der Waals surface area contributed by atoms with Crippen molar-refractivity contribution in [3.05, 3.63) is 27.7 Å². The predicted molar refractivity (Wildman–Crippen MR) is 58.9 cm³/mol. The van der Waals surface area contributed by atoms with E-state index in [1.54, 1.807) is 19.1 Å². The Morgan fingerprint density at radius 2 is 1.62 bits per heavy atom. The SMILES string of the molecule is COC(=O)C(=O)Oc1c(Cl)cc(C)cc1Cl. The minimum atomic E-state index is -1.17. The lowest BCUT2D eigenvalue weighted by Crippen LogP contribution is -2.21. The van der Waals surface area contributed by atoms with E-state index in [4.69, 9.17) is 27.9 Å². The molecule has 0 aliphatic carbocycles. The van der Waals surface area contributed by atoms with Crippen LogP contribution in [-0.2, 0) is 14.3 Å². The maximum atomic E-state index is 11.1. The summed E-state index contributed by atoms with van der Waals surface area (Å²) in [4.78, 5) is 21.9. The molecule has 6 heteroatoms. The molecule has 0 bridgehead atoms. The fraction of sp³-hybridized carbons (Fsp3) is 0.200. The van der Waals surface area contributed by atoms with Gasteiger partial charge in [-0.15, -0.1) is 0 Å². The van der Waals surface area contributed by atoms with E-state index in [9.17, 15) is 9.59 Å². The predicted octanol–water partition coefficient (Wildman–Crippen LogP) is 2.38. The van der Waals surface area contributed by atoms with Gasteiger partial charge < -0.3 is 9.47 Å². The molecule has 0 radical (unpaired) electrons. The summed E-state index contributed by atoms with van der Waals surface area (Å²) in [6.45, 7) is 1.78. The Labute approximate surface area is 102 Å². The third-order valence-corrected chi connectivity index (χ3v) is 2.25. The lowest BCUT2D eigenvalue weighted by molar-refractivity contribution is -0.160. The van der Waals surface area contributed by atoms with Gasteiger partial charge in [0.25, 0.3) is 0 Å². The number of aryl methyl sites for hydroxylation is 1. The molecule has 0 heterocycles. The van der Waals surface area contributed by atoms with E-state index in [1.165, 1.54) is 0 Å². The van der Waals surface area contributed by atoms with Crippen molar-refractivity contribution in [3.8, 4) is 5.75 Å². The average Bonchev–Trinajstić information content (AvgIpc) is 2.21. The molecule has 0 spiro atoms. The summed E-state index contributed by atoms with van der Waals surface area (Å²) in [7, 11) is 1.07. The Bertz CT molecular complexity index is 419. The largest absolute Gasteiger partial charge is 0.461 e. The maximum Gasteiger partial charge on any atom is 0.422 e. The first-order valence-electron chi connectivity index (χ1n) is 4.21. The van der Waals surface area contributed by atoms with E-state index >= 15 is 0 Å². The summed E-state index contributed by atoms with van der Waals surface area (Å²) in [6, 6.07) is 3.13. The van der Waals surface area contributed by atoms with Crippen molar-refractivity contribution in [3.63, 3.8) is 0 Å². The fourth-order valence-corrected chi connectivity index (χ4v) is 1.68. The highest BCUT2D eigenvalue weighted by Gasteiger charge is 2.20. The van der Waals surface area contributed by atoms with Crippen LogP contribution in [0.3, 0.4) is 0 Å². The van der Waals surface area contributed by atoms with Crippen LogP contribution < -0.4 is 4.74 Å². The molecule has 1 aromatic carbocycles. The Kier molecular flexibility index (Phi) is 4.15. The number of ether oxygens (including phenoxy) is 2. The molecule has 16 heavy (non-hydrogen) atoms. The fourth-order valence-electron chi connectivity index (χ4n) is 1.00. The van der Waals surface area contributed by atoms with Crippen LogP contribution in [0.5, 0.6) is 5.75 Å². The van der Waals surface area contributed by atoms with Gasteiger partial charge in [-0.25, -0.2) is 9.59 Å². The minimum absolute atomic E-state index is 0.0515. The quantitative estimate of drug-likeness (QED) is 0.443. The van der Waals surface area contributed by atoms with E-state index < -0.39 is 11.9 Å². The third kappa shape index (κ3) is 2.87. The zero-order valence-corrected chi connectivity index (χ0v) is 10.1. The molecule has 0 amide bonds. The number of methoxy groups -OCH3 is 1. The summed E-state index contributed by atoms with van der Waals surface area (Å²) >= 11 is 11.6. The first-order chi connectivity index (χ1) is 7.45. The first kappa shape index (κ1) is 12.8. The van der Waals surface area contributed by atoms with Gasteiger partial charge in [0.2, 0.25) is 0 Å². The number of rotatable bonds is 1. The standard InChI is InChI=1S/C10H8Cl2O4/c1-5-3-6(11)8(7(12)4-5)16-10(14)9(13)15-2/h3-4H,1-2H3. The second-order valence-corrected chi connectivity index (χ2v) is 3.75. The van der Waals surface area contributed by atoms with Gasteiger partial charge in [-0.05, 0) is 24.6 Å². The number of hydrogen-bond acceptors (Lipinski definition) is 4. The highest BCUT2D eigenvalue weighted by atomic mass is 35.5. The molecule has 1 aromatic rings. The van der Waals surface area contributed by atoms with Crippen LogP contribution >= 0.6 is 23.2 Å². The van der Waals surface area contributed by atoms with Gasteiger partial charge in [0.1, 0.15) is 0 Å². The van der Waals surface area contributed by atoms with E-state index in [2.05, 4.69) is 4.74 Å². The summed E-state index contributed by atoms with van der Waals surface area (Å²) in [6.07, 6.45) is 0. The van der Waals surface area contributed by atoms with Crippen molar-refractivity contribution >= 4 is 35.1 Å². The Morgan fingerprint density at radius 1 is 1.12 bits per heavy atom. The zero-order valence-electron chi connectivity index (χ0n) is 8.54. The molecule has 0 aliphatic rings. The number of carbonyl (C=O) groups excluding carboxylic acids is 2. The second kappa shape index (κ2) is 5.18. The molecule has 0 saturated carbocycles. The monoisotopic (exact) mass is 262 g/mol. The molecule has 0 aliphatic heterocycles. The molecule has 0 N–H and O–H groups in total.